The molecular formula is C32H58O2Si2. The van der Waals surface area contributed by atoms with Crippen LogP contribution in [0.4, 0.5) is 0 Å². The first-order chi connectivity index (χ1) is 16.4. The Morgan fingerprint density at radius 3 is 2.06 bits per heavy atom. The Balaban J connectivity index is 1.54. The van der Waals surface area contributed by atoms with E-state index in [0.29, 0.717) is 17.6 Å². The van der Waals surface area contributed by atoms with E-state index in [2.05, 4.69) is 93.4 Å². The van der Waals surface area contributed by atoms with Gasteiger partial charge in [0.1, 0.15) is 0 Å². The molecule has 4 heteroatoms. The third-order valence-electron chi connectivity index (χ3n) is 12.4. The van der Waals surface area contributed by atoms with Gasteiger partial charge in [-0.1, -0.05) is 66.2 Å². The Bertz CT molecular complexity index is 876. The van der Waals surface area contributed by atoms with Gasteiger partial charge in [0, 0.05) is 11.5 Å². The van der Waals surface area contributed by atoms with Crippen LogP contribution in [0.15, 0.2) is 24.3 Å². The molecule has 0 saturated heterocycles. The van der Waals surface area contributed by atoms with Crippen molar-refractivity contribution >= 4 is 16.6 Å². The number of hydrogen-bond donors (Lipinski definition) is 0. The summed E-state index contributed by atoms with van der Waals surface area (Å²) in [6.07, 6.45) is 16.0. The Morgan fingerprint density at radius 1 is 0.861 bits per heavy atom. The van der Waals surface area contributed by atoms with Crippen molar-refractivity contribution in [2.75, 3.05) is 0 Å². The lowest BCUT2D eigenvalue weighted by molar-refractivity contribution is -0.0599. The minimum Gasteiger partial charge on any atom is -0.414 e. The number of fused-ring (bicyclic) bond motifs is 5. The van der Waals surface area contributed by atoms with E-state index in [1.165, 1.54) is 44.9 Å². The zero-order valence-corrected chi connectivity index (χ0v) is 27.7. The van der Waals surface area contributed by atoms with Crippen LogP contribution in [0.25, 0.3) is 0 Å². The van der Waals surface area contributed by atoms with Crippen molar-refractivity contribution in [1.82, 2.24) is 0 Å². The Morgan fingerprint density at radius 2 is 1.47 bits per heavy atom. The van der Waals surface area contributed by atoms with Crippen LogP contribution in [-0.2, 0) is 8.85 Å². The van der Waals surface area contributed by atoms with Gasteiger partial charge in [0.2, 0.25) is 0 Å². The molecule has 0 aromatic rings. The molecule has 0 spiro atoms. The summed E-state index contributed by atoms with van der Waals surface area (Å²) < 4.78 is 14.1. The van der Waals surface area contributed by atoms with Crippen LogP contribution < -0.4 is 0 Å². The molecule has 3 fully saturated rings. The monoisotopic (exact) mass is 530 g/mol. The van der Waals surface area contributed by atoms with Crippen LogP contribution in [0.5, 0.6) is 0 Å². The summed E-state index contributed by atoms with van der Waals surface area (Å²) in [5, 5.41) is 0.546. The van der Waals surface area contributed by atoms with Gasteiger partial charge in [-0.05, 0) is 111 Å². The molecule has 0 aliphatic heterocycles. The van der Waals surface area contributed by atoms with Crippen molar-refractivity contribution in [1.29, 1.82) is 0 Å². The number of hydrogen-bond acceptors (Lipinski definition) is 2. The molecule has 0 bridgehead atoms. The highest BCUT2D eigenvalue weighted by Crippen LogP contribution is 2.66. The van der Waals surface area contributed by atoms with Gasteiger partial charge >= 0.3 is 0 Å². The lowest BCUT2D eigenvalue weighted by Crippen LogP contribution is -2.54. The molecule has 0 aromatic heterocycles. The van der Waals surface area contributed by atoms with Gasteiger partial charge in [0.25, 0.3) is 0 Å². The second kappa shape index (κ2) is 9.20. The molecule has 3 saturated carbocycles. The molecule has 4 rings (SSSR count). The van der Waals surface area contributed by atoms with Crippen LogP contribution in [0.1, 0.15) is 99.8 Å². The molecule has 0 aromatic carbocycles. The van der Waals surface area contributed by atoms with E-state index >= 15 is 0 Å². The molecule has 3 unspecified atom stereocenters. The van der Waals surface area contributed by atoms with Gasteiger partial charge in [0.05, 0.1) is 6.10 Å². The topological polar surface area (TPSA) is 18.5 Å². The third-order valence-corrected chi connectivity index (χ3v) is 21.5. The lowest BCUT2D eigenvalue weighted by Gasteiger charge is -2.59. The summed E-state index contributed by atoms with van der Waals surface area (Å²) in [6, 6.07) is 0. The standard InChI is InChI=1S/C32H58O2Si2/c1-13-32-21-18-24(33-35(9,10)29(2,3)4)22-23(32)14-15-25-26-16-17-28(31(26,8)20-19-27(25)32)34-36(11,12)30(5,6)7/h13-14,24-28H,1,15-22H2,2-12H3/t24-,25?,26?,27?,28-,31-,32-/m0/s1. The maximum atomic E-state index is 7.15. The van der Waals surface area contributed by atoms with Crippen molar-refractivity contribution < 1.29 is 8.85 Å². The van der Waals surface area contributed by atoms with Gasteiger partial charge < -0.3 is 8.85 Å². The first-order valence-electron chi connectivity index (χ1n) is 15.1. The second-order valence-electron chi connectivity index (χ2n) is 16.3. The first-order valence-corrected chi connectivity index (χ1v) is 20.9. The van der Waals surface area contributed by atoms with E-state index in [-0.39, 0.29) is 15.5 Å². The largest absolute Gasteiger partial charge is 0.414 e. The van der Waals surface area contributed by atoms with Crippen LogP contribution >= 0.6 is 0 Å². The number of rotatable bonds is 5. The molecule has 0 heterocycles. The molecule has 4 aliphatic carbocycles. The van der Waals surface area contributed by atoms with E-state index in [4.69, 9.17) is 8.85 Å². The van der Waals surface area contributed by atoms with Crippen LogP contribution in [0.3, 0.4) is 0 Å². The summed E-state index contributed by atoms with van der Waals surface area (Å²) in [5.41, 5.74) is 2.22. The fourth-order valence-corrected chi connectivity index (χ4v) is 10.9. The maximum absolute atomic E-state index is 7.15. The van der Waals surface area contributed by atoms with Crippen molar-refractivity contribution in [3.8, 4) is 0 Å². The molecule has 206 valence electrons. The molecule has 36 heavy (non-hydrogen) atoms. The van der Waals surface area contributed by atoms with Gasteiger partial charge in [0.15, 0.2) is 16.6 Å². The van der Waals surface area contributed by atoms with Crippen LogP contribution in [0.2, 0.25) is 36.3 Å². The highest BCUT2D eigenvalue weighted by Gasteiger charge is 2.60. The van der Waals surface area contributed by atoms with Gasteiger partial charge in [-0.25, -0.2) is 0 Å². The highest BCUT2D eigenvalue weighted by atomic mass is 28.4. The van der Waals surface area contributed by atoms with Crippen molar-refractivity contribution in [3.63, 3.8) is 0 Å². The fraction of sp³-hybridized carbons (Fsp3) is 0.875. The van der Waals surface area contributed by atoms with E-state index in [0.717, 1.165) is 24.2 Å². The van der Waals surface area contributed by atoms with E-state index in [9.17, 15) is 0 Å². The molecule has 0 N–H and O–H groups in total. The smallest absolute Gasteiger partial charge is 0.192 e. The quantitative estimate of drug-likeness (QED) is 0.260. The van der Waals surface area contributed by atoms with Crippen molar-refractivity contribution in [2.45, 2.75) is 148 Å². The van der Waals surface area contributed by atoms with Gasteiger partial charge in [-0.2, -0.15) is 0 Å². The Kier molecular flexibility index (Phi) is 7.37. The predicted molar refractivity (Wildman–Crippen MR) is 160 cm³/mol. The van der Waals surface area contributed by atoms with Gasteiger partial charge in [-0.15, -0.1) is 6.58 Å². The van der Waals surface area contributed by atoms with E-state index < -0.39 is 16.6 Å². The zero-order valence-electron chi connectivity index (χ0n) is 25.7. The maximum Gasteiger partial charge on any atom is 0.192 e. The summed E-state index contributed by atoms with van der Waals surface area (Å²) in [4.78, 5) is 0. The normalized spacial score (nSPS) is 39.6. The highest BCUT2D eigenvalue weighted by molar-refractivity contribution is 6.74. The first kappa shape index (κ1) is 28.8. The van der Waals surface area contributed by atoms with Crippen molar-refractivity contribution in [2.24, 2.45) is 28.6 Å². The average molecular weight is 531 g/mol. The minimum atomic E-state index is -1.77. The summed E-state index contributed by atoms with van der Waals surface area (Å²) in [6.45, 7) is 31.1. The molecule has 2 nitrogen and oxygen atoms in total. The van der Waals surface area contributed by atoms with E-state index in [1.54, 1.807) is 5.57 Å². The number of allylic oxidation sites excluding steroid dienone is 2. The van der Waals surface area contributed by atoms with Crippen LogP contribution in [0, 0.1) is 28.6 Å². The zero-order chi connectivity index (χ0) is 26.9. The van der Waals surface area contributed by atoms with Crippen molar-refractivity contribution in [3.05, 3.63) is 24.3 Å². The molecule has 7 atom stereocenters. The summed E-state index contributed by atoms with van der Waals surface area (Å²) in [7, 11) is -3.52. The third kappa shape index (κ3) is 4.62. The SMILES string of the molecule is C=C[C@]12CC[C@H](O[Si](C)(C)C(C)(C)C)CC1=CCC1C2CC[C@@]2(C)C1CC[C@@H]2O[Si](C)(C)C(C)(C)C. The summed E-state index contributed by atoms with van der Waals surface area (Å²) in [5.74, 6) is 2.34. The molecule has 4 aliphatic rings. The lowest BCUT2D eigenvalue weighted by atomic mass is 9.47. The minimum absolute atomic E-state index is 0.204. The predicted octanol–water partition coefficient (Wildman–Crippen LogP) is 9.90. The molecular weight excluding hydrogens is 473 g/mol. The molecule has 0 amide bonds. The Hall–Kier alpha value is -0.166. The van der Waals surface area contributed by atoms with Crippen LogP contribution in [-0.4, -0.2) is 28.8 Å². The van der Waals surface area contributed by atoms with E-state index in [1.807, 2.05) is 0 Å². The average Bonchev–Trinajstić information content (AvgIpc) is 3.07. The second-order valence-corrected chi connectivity index (χ2v) is 25.8. The fourth-order valence-electron chi connectivity index (χ4n) is 8.09. The molecule has 0 radical (unpaired) electrons. The van der Waals surface area contributed by atoms with Gasteiger partial charge in [-0.3, -0.25) is 0 Å². The summed E-state index contributed by atoms with van der Waals surface area (Å²) >= 11 is 0. The Labute approximate surface area is 226 Å².